The van der Waals surface area contributed by atoms with Crippen LogP contribution >= 0.6 is 31.9 Å². The van der Waals surface area contributed by atoms with E-state index in [1.54, 1.807) is 0 Å². The van der Waals surface area contributed by atoms with E-state index in [1.807, 2.05) is 0 Å². The molecule has 0 aliphatic rings. The van der Waals surface area contributed by atoms with Gasteiger partial charge in [-0.05, 0) is 12.8 Å². The Morgan fingerprint density at radius 1 is 0.714 bits per heavy atom. The van der Waals surface area contributed by atoms with Gasteiger partial charge in [-0.25, -0.2) is 0 Å². The van der Waals surface area contributed by atoms with E-state index in [4.69, 9.17) is 0 Å². The van der Waals surface area contributed by atoms with Crippen LogP contribution in [0.5, 0.6) is 0 Å². The first-order valence-electron chi connectivity index (χ1n) is 6.00. The van der Waals surface area contributed by atoms with Crippen molar-refractivity contribution in [2.24, 2.45) is 0 Å². The molecule has 14 heavy (non-hydrogen) atoms. The highest BCUT2D eigenvalue weighted by atomic mass is 79.9. The molecule has 0 aromatic rings. The minimum atomic E-state index is 0.225. The molecule has 0 saturated heterocycles. The number of alkyl halides is 2. The summed E-state index contributed by atoms with van der Waals surface area (Å²) >= 11 is 7.56. The third-order valence-electron chi connectivity index (χ3n) is 2.54. The smallest absolute Gasteiger partial charge is 0.0727 e. The Hall–Kier alpha value is 0.960. The first-order valence-corrected chi connectivity index (χ1v) is 7.59. The number of halogens is 2. The Kier molecular flexibility index (Phi) is 9.84. The van der Waals surface area contributed by atoms with E-state index in [0.717, 1.165) is 0 Å². The van der Waals surface area contributed by atoms with Crippen LogP contribution in [0.25, 0.3) is 0 Å². The van der Waals surface area contributed by atoms with Crippen LogP contribution in [-0.4, -0.2) is 3.23 Å². The molecular formula is C12H24Br2. The summed E-state index contributed by atoms with van der Waals surface area (Å²) in [6.45, 7) is 4.52. The van der Waals surface area contributed by atoms with E-state index in [1.165, 1.54) is 57.8 Å². The third-order valence-corrected chi connectivity index (χ3v) is 4.13. The van der Waals surface area contributed by atoms with Crippen molar-refractivity contribution in [1.82, 2.24) is 0 Å². The quantitative estimate of drug-likeness (QED) is 0.358. The van der Waals surface area contributed by atoms with Gasteiger partial charge < -0.3 is 0 Å². The summed E-state index contributed by atoms with van der Waals surface area (Å²) in [7, 11) is 0. The molecule has 86 valence electrons. The zero-order valence-electron chi connectivity index (χ0n) is 9.62. The summed E-state index contributed by atoms with van der Waals surface area (Å²) in [5, 5.41) is 0. The summed E-state index contributed by atoms with van der Waals surface area (Å²) < 4.78 is 0.225. The van der Waals surface area contributed by atoms with Gasteiger partial charge in [0.25, 0.3) is 0 Å². The molecule has 0 spiro atoms. The van der Waals surface area contributed by atoms with Gasteiger partial charge in [-0.3, -0.25) is 0 Å². The maximum atomic E-state index is 3.78. The Bertz CT molecular complexity index is 121. The monoisotopic (exact) mass is 326 g/mol. The zero-order valence-corrected chi connectivity index (χ0v) is 12.8. The molecule has 0 fully saturated rings. The van der Waals surface area contributed by atoms with Crippen LogP contribution in [0.1, 0.15) is 71.6 Å². The Balaban J connectivity index is 3.40. The van der Waals surface area contributed by atoms with Crippen LogP contribution in [0, 0.1) is 0 Å². The van der Waals surface area contributed by atoms with Crippen molar-refractivity contribution in [1.29, 1.82) is 0 Å². The van der Waals surface area contributed by atoms with E-state index >= 15 is 0 Å². The molecule has 0 saturated carbocycles. The van der Waals surface area contributed by atoms with Crippen molar-refractivity contribution in [3.8, 4) is 0 Å². The lowest BCUT2D eigenvalue weighted by Gasteiger charge is -2.20. The van der Waals surface area contributed by atoms with Gasteiger partial charge in [0.2, 0.25) is 0 Å². The second-order valence-electron chi connectivity index (χ2n) is 4.12. The van der Waals surface area contributed by atoms with E-state index in [-0.39, 0.29) is 3.23 Å². The minimum absolute atomic E-state index is 0.225. The molecule has 0 heterocycles. The molecule has 0 atom stereocenters. The van der Waals surface area contributed by atoms with Crippen molar-refractivity contribution in [3.63, 3.8) is 0 Å². The van der Waals surface area contributed by atoms with Gasteiger partial charge >= 0.3 is 0 Å². The van der Waals surface area contributed by atoms with Crippen LogP contribution in [0.3, 0.4) is 0 Å². The van der Waals surface area contributed by atoms with Crippen molar-refractivity contribution < 1.29 is 0 Å². The van der Waals surface area contributed by atoms with Gasteiger partial charge in [0.1, 0.15) is 0 Å². The second-order valence-corrected chi connectivity index (χ2v) is 8.22. The lowest BCUT2D eigenvalue weighted by atomic mass is 10.1. The molecule has 0 aliphatic carbocycles. The molecule has 0 N–H and O–H groups in total. The molecular weight excluding hydrogens is 304 g/mol. The second kappa shape index (κ2) is 9.21. The first-order chi connectivity index (χ1) is 6.62. The largest absolute Gasteiger partial charge is 0.0805 e. The predicted molar refractivity (Wildman–Crippen MR) is 73.5 cm³/mol. The van der Waals surface area contributed by atoms with Crippen LogP contribution < -0.4 is 0 Å². The summed E-state index contributed by atoms with van der Waals surface area (Å²) in [6, 6.07) is 0. The molecule has 0 aromatic heterocycles. The molecule has 0 amide bonds. The summed E-state index contributed by atoms with van der Waals surface area (Å²) in [6.07, 6.45) is 11.9. The SMILES string of the molecule is CCCCCCC(Br)(Br)CCCCC. The molecule has 0 aromatic carbocycles. The predicted octanol–water partition coefficient (Wildman–Crippen LogP) is 6.02. The highest BCUT2D eigenvalue weighted by Gasteiger charge is 2.20. The lowest BCUT2D eigenvalue weighted by molar-refractivity contribution is 0.560. The van der Waals surface area contributed by atoms with Crippen LogP contribution in [-0.2, 0) is 0 Å². The third kappa shape index (κ3) is 9.51. The lowest BCUT2D eigenvalue weighted by Crippen LogP contribution is -2.10. The van der Waals surface area contributed by atoms with Gasteiger partial charge in [0.15, 0.2) is 0 Å². The fourth-order valence-corrected chi connectivity index (χ4v) is 2.69. The van der Waals surface area contributed by atoms with E-state index in [2.05, 4.69) is 45.7 Å². The Morgan fingerprint density at radius 2 is 1.14 bits per heavy atom. The molecule has 0 aliphatic heterocycles. The maximum Gasteiger partial charge on any atom is 0.0805 e. The summed E-state index contributed by atoms with van der Waals surface area (Å²) in [5.41, 5.74) is 0. The topological polar surface area (TPSA) is 0 Å². The summed E-state index contributed by atoms with van der Waals surface area (Å²) in [5.74, 6) is 0. The molecule has 0 radical (unpaired) electrons. The van der Waals surface area contributed by atoms with Crippen molar-refractivity contribution in [2.45, 2.75) is 74.9 Å². The van der Waals surface area contributed by atoms with Crippen molar-refractivity contribution in [3.05, 3.63) is 0 Å². The van der Waals surface area contributed by atoms with Gasteiger partial charge in [-0.2, -0.15) is 0 Å². The van der Waals surface area contributed by atoms with E-state index in [9.17, 15) is 0 Å². The van der Waals surface area contributed by atoms with E-state index in [0.29, 0.717) is 0 Å². The van der Waals surface area contributed by atoms with Gasteiger partial charge in [-0.1, -0.05) is 90.7 Å². The average Bonchev–Trinajstić information content (AvgIpc) is 2.13. The normalized spacial score (nSPS) is 12.0. The maximum absolute atomic E-state index is 3.78. The zero-order chi connectivity index (χ0) is 10.9. The molecule has 0 nitrogen and oxygen atoms in total. The van der Waals surface area contributed by atoms with Crippen LogP contribution in [0.15, 0.2) is 0 Å². The number of unbranched alkanes of at least 4 members (excludes halogenated alkanes) is 5. The van der Waals surface area contributed by atoms with Gasteiger partial charge in [-0.15, -0.1) is 0 Å². The standard InChI is InChI=1S/C12H24Br2/c1-3-5-7-9-11-12(13,14)10-8-6-4-2/h3-11H2,1-2H3. The van der Waals surface area contributed by atoms with Crippen LogP contribution in [0.4, 0.5) is 0 Å². The van der Waals surface area contributed by atoms with Crippen LogP contribution in [0.2, 0.25) is 0 Å². The molecule has 0 unspecified atom stereocenters. The Labute approximate surface area is 106 Å². The minimum Gasteiger partial charge on any atom is -0.0727 e. The first kappa shape index (κ1) is 15.0. The highest BCUT2D eigenvalue weighted by Crippen LogP contribution is 2.37. The molecule has 2 heteroatoms. The summed E-state index contributed by atoms with van der Waals surface area (Å²) in [4.78, 5) is 0. The van der Waals surface area contributed by atoms with Crippen molar-refractivity contribution >= 4 is 31.9 Å². The number of hydrogen-bond acceptors (Lipinski definition) is 0. The van der Waals surface area contributed by atoms with E-state index < -0.39 is 0 Å². The average molecular weight is 328 g/mol. The Morgan fingerprint density at radius 3 is 1.64 bits per heavy atom. The number of rotatable bonds is 9. The molecule has 0 rings (SSSR count). The highest BCUT2D eigenvalue weighted by molar-refractivity contribution is 9.25. The van der Waals surface area contributed by atoms with Crippen molar-refractivity contribution in [2.75, 3.05) is 0 Å². The molecule has 0 bridgehead atoms. The van der Waals surface area contributed by atoms with Gasteiger partial charge in [0.05, 0.1) is 3.23 Å². The van der Waals surface area contributed by atoms with Gasteiger partial charge in [0, 0.05) is 0 Å². The fraction of sp³-hybridized carbons (Fsp3) is 1.00. The fourth-order valence-electron chi connectivity index (χ4n) is 1.57. The number of hydrogen-bond donors (Lipinski definition) is 0.